The van der Waals surface area contributed by atoms with Crippen molar-refractivity contribution in [2.75, 3.05) is 19.8 Å². The molecule has 3 saturated heterocycles. The molecule has 0 aliphatic carbocycles. The average Bonchev–Trinajstić information content (AvgIpc) is 3.61. The number of benzene rings is 2. The van der Waals surface area contributed by atoms with Crippen molar-refractivity contribution < 1.29 is 29.0 Å². The number of rotatable bonds is 14. The van der Waals surface area contributed by atoms with E-state index in [1.54, 1.807) is 11.0 Å². The van der Waals surface area contributed by atoms with E-state index in [2.05, 4.69) is 29.1 Å². The zero-order valence-electron chi connectivity index (χ0n) is 24.2. The van der Waals surface area contributed by atoms with Gasteiger partial charge in [0.25, 0.3) is 0 Å². The van der Waals surface area contributed by atoms with Gasteiger partial charge in [-0.15, -0.1) is 13.2 Å². The molecule has 3 aliphatic rings. The number of carbonyl (C=O) groups excluding carboxylic acids is 3. The van der Waals surface area contributed by atoms with E-state index < -0.39 is 48.2 Å². The quantitative estimate of drug-likeness (QED) is 0.139. The van der Waals surface area contributed by atoms with Gasteiger partial charge in [-0.05, 0) is 36.8 Å². The number of ether oxygens (including phenoxy) is 2. The number of halogens is 1. The van der Waals surface area contributed by atoms with E-state index in [9.17, 15) is 19.5 Å². The monoisotopic (exact) mass is 650 g/mol. The fourth-order valence-electron chi connectivity index (χ4n) is 7.01. The summed E-state index contributed by atoms with van der Waals surface area (Å²) in [6, 6.07) is 16.9. The average molecular weight is 652 g/mol. The minimum Gasteiger partial charge on any atom is -0.465 e. The minimum atomic E-state index is -1.27. The van der Waals surface area contributed by atoms with E-state index in [0.717, 1.165) is 18.4 Å². The Hall–Kier alpha value is -3.27. The van der Waals surface area contributed by atoms with Gasteiger partial charge in [0.15, 0.2) is 0 Å². The molecule has 5 rings (SSSR count). The molecule has 8 nitrogen and oxygen atoms in total. The molecule has 3 aliphatic heterocycles. The molecule has 1 spiro atoms. The summed E-state index contributed by atoms with van der Waals surface area (Å²) in [5, 5.41) is 10.7. The molecule has 7 atom stereocenters. The number of likely N-dealkylation sites (tertiary alicyclic amines) is 1. The molecule has 228 valence electrons. The lowest BCUT2D eigenvalue weighted by Crippen LogP contribution is -2.57. The number of unbranched alkanes of at least 4 members (excludes halogenated alkanes) is 2. The summed E-state index contributed by atoms with van der Waals surface area (Å²) in [6.45, 7) is 7.98. The number of hydrogen-bond acceptors (Lipinski definition) is 6. The third kappa shape index (κ3) is 5.82. The second kappa shape index (κ2) is 13.6. The number of hydrogen-bond donors (Lipinski definition) is 1. The highest BCUT2D eigenvalue weighted by molar-refractivity contribution is 9.09. The summed E-state index contributed by atoms with van der Waals surface area (Å²) in [4.78, 5) is 45.7. The fourth-order valence-corrected chi connectivity index (χ4v) is 7.95. The first-order chi connectivity index (χ1) is 20.9. The molecule has 3 heterocycles. The number of aliphatic hydroxyl groups is 1. The molecule has 3 fully saturated rings. The molecule has 3 unspecified atom stereocenters. The van der Waals surface area contributed by atoms with Crippen LogP contribution >= 0.6 is 15.9 Å². The molecular weight excluding hydrogens is 612 g/mol. The lowest BCUT2D eigenvalue weighted by molar-refractivity contribution is -0.156. The van der Waals surface area contributed by atoms with E-state index in [0.29, 0.717) is 24.9 Å². The zero-order chi connectivity index (χ0) is 30.6. The van der Waals surface area contributed by atoms with Crippen LogP contribution in [0.2, 0.25) is 0 Å². The first-order valence-corrected chi connectivity index (χ1v) is 15.8. The Morgan fingerprint density at radius 2 is 1.81 bits per heavy atom. The maximum Gasteiger partial charge on any atom is 0.312 e. The van der Waals surface area contributed by atoms with Crippen LogP contribution < -0.4 is 0 Å². The van der Waals surface area contributed by atoms with Crippen molar-refractivity contribution in [1.82, 2.24) is 9.80 Å². The van der Waals surface area contributed by atoms with Gasteiger partial charge < -0.3 is 24.4 Å². The Labute approximate surface area is 261 Å². The Balaban J connectivity index is 1.54. The summed E-state index contributed by atoms with van der Waals surface area (Å²) in [6.07, 6.45) is 5.58. The predicted octanol–water partition coefficient (Wildman–Crippen LogP) is 4.58. The van der Waals surface area contributed by atoms with Gasteiger partial charge in [0.1, 0.15) is 11.6 Å². The SMILES string of the molecule is C=CCCCCOC(=O)[C@H]1[C@H]2C(=O)N([C@H](CO)c3ccccc3)C(C(=O)N(CC=C)Cc3ccccc3)C23CC(Br)[C@@H]1O3. The van der Waals surface area contributed by atoms with Gasteiger partial charge in [0, 0.05) is 17.9 Å². The van der Waals surface area contributed by atoms with E-state index in [1.165, 1.54) is 4.90 Å². The van der Waals surface area contributed by atoms with Crippen molar-refractivity contribution in [1.29, 1.82) is 0 Å². The van der Waals surface area contributed by atoms with Crippen LogP contribution in [-0.2, 0) is 30.4 Å². The highest BCUT2D eigenvalue weighted by Crippen LogP contribution is 2.61. The number of aliphatic hydroxyl groups excluding tert-OH is 1. The van der Waals surface area contributed by atoms with E-state index >= 15 is 0 Å². The molecule has 0 radical (unpaired) electrons. The molecule has 0 saturated carbocycles. The van der Waals surface area contributed by atoms with Gasteiger partial charge in [0.05, 0.1) is 37.2 Å². The van der Waals surface area contributed by atoms with E-state index in [4.69, 9.17) is 9.47 Å². The first-order valence-electron chi connectivity index (χ1n) is 14.9. The van der Waals surface area contributed by atoms with Crippen LogP contribution in [0.3, 0.4) is 0 Å². The lowest BCUT2D eigenvalue weighted by atomic mass is 9.70. The topological polar surface area (TPSA) is 96.4 Å². The Bertz CT molecular complexity index is 1320. The molecular formula is C34H39BrN2O6. The third-order valence-corrected chi connectivity index (χ3v) is 9.70. The van der Waals surface area contributed by atoms with Crippen LogP contribution in [0.5, 0.6) is 0 Å². The maximum absolute atomic E-state index is 14.7. The Morgan fingerprint density at radius 1 is 1.12 bits per heavy atom. The second-order valence-electron chi connectivity index (χ2n) is 11.5. The van der Waals surface area contributed by atoms with Crippen molar-refractivity contribution in [3.05, 3.63) is 97.1 Å². The van der Waals surface area contributed by atoms with Crippen LogP contribution in [0.4, 0.5) is 0 Å². The van der Waals surface area contributed by atoms with Crippen molar-refractivity contribution in [3.8, 4) is 0 Å². The normalized spacial score (nSPS) is 27.9. The zero-order valence-corrected chi connectivity index (χ0v) is 25.8. The number of amides is 2. The predicted molar refractivity (Wildman–Crippen MR) is 166 cm³/mol. The van der Waals surface area contributed by atoms with Gasteiger partial charge in [-0.1, -0.05) is 88.7 Å². The summed E-state index contributed by atoms with van der Waals surface area (Å²) in [5.74, 6) is -2.97. The third-order valence-electron chi connectivity index (χ3n) is 8.85. The van der Waals surface area contributed by atoms with Crippen molar-refractivity contribution in [2.45, 2.75) is 60.8 Å². The fraction of sp³-hybridized carbons (Fsp3) is 0.441. The molecule has 2 aromatic rings. The number of nitrogens with zero attached hydrogens (tertiary/aromatic N) is 2. The Morgan fingerprint density at radius 3 is 2.47 bits per heavy atom. The summed E-state index contributed by atoms with van der Waals surface area (Å²) >= 11 is 3.71. The number of allylic oxidation sites excluding steroid dienone is 1. The van der Waals surface area contributed by atoms with Crippen molar-refractivity contribution in [3.63, 3.8) is 0 Å². The molecule has 1 N–H and O–H groups in total. The largest absolute Gasteiger partial charge is 0.465 e. The highest BCUT2D eigenvalue weighted by Gasteiger charge is 2.77. The Kier molecular flexibility index (Phi) is 9.84. The van der Waals surface area contributed by atoms with Crippen molar-refractivity contribution in [2.24, 2.45) is 11.8 Å². The molecule has 0 aromatic heterocycles. The molecule has 2 bridgehead atoms. The van der Waals surface area contributed by atoms with Gasteiger partial charge in [0.2, 0.25) is 11.8 Å². The maximum atomic E-state index is 14.7. The van der Waals surface area contributed by atoms with Crippen molar-refractivity contribution >= 4 is 33.7 Å². The minimum absolute atomic E-state index is 0.232. The number of fused-ring (bicyclic) bond motifs is 1. The summed E-state index contributed by atoms with van der Waals surface area (Å²) < 4.78 is 12.3. The van der Waals surface area contributed by atoms with Crippen LogP contribution in [0.1, 0.15) is 42.9 Å². The van der Waals surface area contributed by atoms with Gasteiger partial charge in [-0.25, -0.2) is 0 Å². The summed E-state index contributed by atoms with van der Waals surface area (Å²) in [5.41, 5.74) is 0.354. The highest BCUT2D eigenvalue weighted by atomic mass is 79.9. The number of carbonyl (C=O) groups is 3. The second-order valence-corrected chi connectivity index (χ2v) is 12.6. The molecule has 43 heavy (non-hydrogen) atoms. The smallest absolute Gasteiger partial charge is 0.312 e. The number of alkyl halides is 1. The molecule has 2 aromatic carbocycles. The van der Waals surface area contributed by atoms with E-state index in [-0.39, 0.29) is 29.8 Å². The first kappa shape index (κ1) is 31.2. The van der Waals surface area contributed by atoms with Crippen LogP contribution in [0.15, 0.2) is 86.0 Å². The standard InChI is InChI=1S/C34H39BrN2O6/c1-3-5-6-13-19-42-33(41)27-28-31(39)37(26(22-38)24-16-11-8-12-17-24)30(34(28)20-25(35)29(27)43-34)32(40)36(18-4-2)21-23-14-9-7-10-15-23/h3-4,7-12,14-17,25-30,38H,1-2,5-6,13,18-22H2/t25?,26-,27+,28+,29+,30?,34?/m1/s1. The van der Waals surface area contributed by atoms with Gasteiger partial charge in [-0.2, -0.15) is 0 Å². The number of esters is 1. The van der Waals surface area contributed by atoms with Crippen LogP contribution in [0, 0.1) is 11.8 Å². The van der Waals surface area contributed by atoms with Gasteiger partial charge in [-0.3, -0.25) is 14.4 Å². The van der Waals surface area contributed by atoms with Crippen LogP contribution in [-0.4, -0.2) is 75.0 Å². The molecule has 2 amide bonds. The lowest BCUT2D eigenvalue weighted by Gasteiger charge is -2.39. The van der Waals surface area contributed by atoms with Crippen LogP contribution in [0.25, 0.3) is 0 Å². The van der Waals surface area contributed by atoms with Gasteiger partial charge >= 0.3 is 5.97 Å². The van der Waals surface area contributed by atoms with E-state index in [1.807, 2.05) is 66.7 Å². The summed E-state index contributed by atoms with van der Waals surface area (Å²) in [7, 11) is 0. The molecule has 9 heteroatoms.